The smallest absolute Gasteiger partial charge is 0.0346 e. The zero-order valence-electron chi connectivity index (χ0n) is 11.8. The minimum Gasteiger partial charge on any atom is -0.264 e. The van der Waals surface area contributed by atoms with Crippen LogP contribution in [0.3, 0.4) is 0 Å². The maximum absolute atomic E-state index is 4.36. The summed E-state index contributed by atoms with van der Waals surface area (Å²) in [6.45, 7) is 8.42. The van der Waals surface area contributed by atoms with Gasteiger partial charge >= 0.3 is 0 Å². The number of aromatic nitrogens is 1. The van der Waals surface area contributed by atoms with E-state index >= 15 is 0 Å². The first kappa shape index (κ1) is 13.5. The maximum atomic E-state index is 4.36. The van der Waals surface area contributed by atoms with Gasteiger partial charge in [-0.05, 0) is 37.0 Å². The molecule has 1 heterocycles. The fourth-order valence-corrected chi connectivity index (χ4v) is 2.22. The number of hydrogen-bond donors (Lipinski definition) is 0. The van der Waals surface area contributed by atoms with Crippen LogP contribution < -0.4 is 0 Å². The molecule has 1 aromatic heterocycles. The molecule has 19 heavy (non-hydrogen) atoms. The number of aryl methyl sites for hydroxylation is 1. The fraction of sp³-hybridized carbons (Fsp3) is 0.278. The third-order valence-corrected chi connectivity index (χ3v) is 3.24. The minimum atomic E-state index is 0.931. The Kier molecular flexibility index (Phi) is 4.51. The number of hydrogen-bond acceptors (Lipinski definition) is 1. The summed E-state index contributed by atoms with van der Waals surface area (Å²) in [4.78, 5) is 4.36. The molecule has 1 nitrogen and oxygen atoms in total. The lowest BCUT2D eigenvalue weighted by Crippen LogP contribution is -1.91. The van der Waals surface area contributed by atoms with E-state index in [9.17, 15) is 0 Å². The maximum Gasteiger partial charge on any atom is 0.0346 e. The highest BCUT2D eigenvalue weighted by molar-refractivity contribution is 5.63. The normalized spacial score (nSPS) is 10.4. The molecule has 0 N–H and O–H groups in total. The van der Waals surface area contributed by atoms with Gasteiger partial charge in [-0.1, -0.05) is 55.3 Å². The molecule has 0 saturated carbocycles. The summed E-state index contributed by atoms with van der Waals surface area (Å²) < 4.78 is 0. The molecule has 2 aromatic rings. The van der Waals surface area contributed by atoms with Gasteiger partial charge in [0.2, 0.25) is 0 Å². The predicted molar refractivity (Wildman–Crippen MR) is 82.2 cm³/mol. The van der Waals surface area contributed by atoms with E-state index < -0.39 is 0 Å². The van der Waals surface area contributed by atoms with Gasteiger partial charge in [-0.3, -0.25) is 4.98 Å². The Hall–Kier alpha value is -1.89. The van der Waals surface area contributed by atoms with E-state index in [1.807, 2.05) is 12.4 Å². The molecular formula is C18H21N. The molecule has 0 radical (unpaired) electrons. The monoisotopic (exact) mass is 251 g/mol. The lowest BCUT2D eigenvalue weighted by molar-refractivity contribution is 0.873. The highest BCUT2D eigenvalue weighted by atomic mass is 14.6. The Morgan fingerprint density at radius 1 is 1.11 bits per heavy atom. The van der Waals surface area contributed by atoms with Crippen molar-refractivity contribution >= 4 is 0 Å². The zero-order valence-corrected chi connectivity index (χ0v) is 11.8. The van der Waals surface area contributed by atoms with Crippen LogP contribution in [0.15, 0.2) is 54.9 Å². The van der Waals surface area contributed by atoms with Gasteiger partial charge in [0.15, 0.2) is 0 Å². The molecule has 98 valence electrons. The fourth-order valence-electron chi connectivity index (χ4n) is 2.22. The Balaban J connectivity index is 2.19. The molecule has 0 atom stereocenters. The zero-order chi connectivity index (χ0) is 13.7. The standard InChI is InChI=1S/C18H21N/c1-4-5-15(3)10-16-11-18(13-19-12-16)17-8-6-14(2)7-9-17/h6-9,11-13H,3-5,10H2,1-2H3. The molecule has 0 saturated heterocycles. The van der Waals surface area contributed by atoms with Crippen molar-refractivity contribution in [2.75, 3.05) is 0 Å². The number of pyridine rings is 1. The van der Waals surface area contributed by atoms with Crippen LogP contribution in [0, 0.1) is 6.92 Å². The summed E-state index contributed by atoms with van der Waals surface area (Å²) in [6, 6.07) is 10.8. The molecule has 0 spiro atoms. The van der Waals surface area contributed by atoms with E-state index in [1.54, 1.807) is 0 Å². The van der Waals surface area contributed by atoms with Gasteiger partial charge in [-0.15, -0.1) is 0 Å². The van der Waals surface area contributed by atoms with Gasteiger partial charge in [-0.2, -0.15) is 0 Å². The quantitative estimate of drug-likeness (QED) is 0.685. The molecule has 0 bridgehead atoms. The minimum absolute atomic E-state index is 0.931. The lowest BCUT2D eigenvalue weighted by Gasteiger charge is -2.07. The van der Waals surface area contributed by atoms with E-state index in [1.165, 1.54) is 27.8 Å². The molecule has 0 unspecified atom stereocenters. The summed E-state index contributed by atoms with van der Waals surface area (Å²) in [6.07, 6.45) is 7.05. The lowest BCUT2D eigenvalue weighted by atomic mass is 10.0. The van der Waals surface area contributed by atoms with Crippen LogP contribution in [0.2, 0.25) is 0 Å². The number of benzene rings is 1. The summed E-state index contributed by atoms with van der Waals surface area (Å²) in [5.74, 6) is 0. The first-order valence-corrected chi connectivity index (χ1v) is 6.86. The van der Waals surface area contributed by atoms with Crippen LogP contribution in [0.1, 0.15) is 30.9 Å². The number of allylic oxidation sites excluding steroid dienone is 1. The second-order valence-corrected chi connectivity index (χ2v) is 5.12. The molecule has 0 aliphatic rings. The van der Waals surface area contributed by atoms with E-state index in [4.69, 9.17) is 0 Å². The topological polar surface area (TPSA) is 12.9 Å². The van der Waals surface area contributed by atoms with Crippen molar-refractivity contribution in [3.63, 3.8) is 0 Å². The van der Waals surface area contributed by atoms with E-state index in [0.717, 1.165) is 19.3 Å². The van der Waals surface area contributed by atoms with Crippen molar-refractivity contribution in [3.8, 4) is 11.1 Å². The summed E-state index contributed by atoms with van der Waals surface area (Å²) in [5.41, 5.74) is 6.22. The van der Waals surface area contributed by atoms with Gasteiger partial charge in [0.25, 0.3) is 0 Å². The van der Waals surface area contributed by atoms with Crippen molar-refractivity contribution < 1.29 is 0 Å². The Morgan fingerprint density at radius 3 is 2.53 bits per heavy atom. The average Bonchev–Trinajstić information content (AvgIpc) is 2.40. The molecule has 0 aliphatic carbocycles. The predicted octanol–water partition coefficient (Wildman–Crippen LogP) is 4.96. The third-order valence-electron chi connectivity index (χ3n) is 3.24. The van der Waals surface area contributed by atoms with Gasteiger partial charge in [0.05, 0.1) is 0 Å². The van der Waals surface area contributed by atoms with Crippen LogP contribution in [-0.4, -0.2) is 4.98 Å². The summed E-state index contributed by atoms with van der Waals surface area (Å²) in [7, 11) is 0. The largest absolute Gasteiger partial charge is 0.264 e. The van der Waals surface area contributed by atoms with Gasteiger partial charge < -0.3 is 0 Å². The van der Waals surface area contributed by atoms with Crippen LogP contribution in [0.4, 0.5) is 0 Å². The van der Waals surface area contributed by atoms with Crippen LogP contribution in [0.25, 0.3) is 11.1 Å². The first-order valence-electron chi connectivity index (χ1n) is 6.86. The molecular weight excluding hydrogens is 230 g/mol. The molecule has 1 heteroatoms. The van der Waals surface area contributed by atoms with Crippen molar-refractivity contribution in [1.82, 2.24) is 4.98 Å². The average molecular weight is 251 g/mol. The van der Waals surface area contributed by atoms with Crippen molar-refractivity contribution in [2.45, 2.75) is 33.1 Å². The number of nitrogens with zero attached hydrogens (tertiary/aromatic N) is 1. The van der Waals surface area contributed by atoms with E-state index in [0.29, 0.717) is 0 Å². The molecule has 1 aromatic carbocycles. The molecule has 0 aliphatic heterocycles. The number of rotatable bonds is 5. The molecule has 2 rings (SSSR count). The first-order chi connectivity index (χ1) is 9.19. The Labute approximate surface area is 116 Å². The van der Waals surface area contributed by atoms with Crippen LogP contribution in [-0.2, 0) is 6.42 Å². The highest BCUT2D eigenvalue weighted by Crippen LogP contribution is 2.21. The molecule has 0 amide bonds. The Bertz CT molecular complexity index is 552. The van der Waals surface area contributed by atoms with Crippen molar-refractivity contribution in [3.05, 3.63) is 66.0 Å². The second kappa shape index (κ2) is 6.33. The van der Waals surface area contributed by atoms with Crippen LogP contribution >= 0.6 is 0 Å². The van der Waals surface area contributed by atoms with E-state index in [-0.39, 0.29) is 0 Å². The Morgan fingerprint density at radius 2 is 1.84 bits per heavy atom. The third kappa shape index (κ3) is 3.78. The highest BCUT2D eigenvalue weighted by Gasteiger charge is 2.02. The van der Waals surface area contributed by atoms with Crippen molar-refractivity contribution in [2.24, 2.45) is 0 Å². The molecule has 0 fully saturated rings. The van der Waals surface area contributed by atoms with Crippen LogP contribution in [0.5, 0.6) is 0 Å². The van der Waals surface area contributed by atoms with E-state index in [2.05, 4.69) is 55.7 Å². The second-order valence-electron chi connectivity index (χ2n) is 5.12. The van der Waals surface area contributed by atoms with Crippen molar-refractivity contribution in [1.29, 1.82) is 0 Å². The van der Waals surface area contributed by atoms with Gasteiger partial charge in [-0.25, -0.2) is 0 Å². The van der Waals surface area contributed by atoms with Gasteiger partial charge in [0.1, 0.15) is 0 Å². The summed E-state index contributed by atoms with van der Waals surface area (Å²) >= 11 is 0. The van der Waals surface area contributed by atoms with Gasteiger partial charge in [0, 0.05) is 18.0 Å². The SMILES string of the molecule is C=C(CCC)Cc1cncc(-c2ccc(C)cc2)c1. The summed E-state index contributed by atoms with van der Waals surface area (Å²) in [5, 5.41) is 0.